The van der Waals surface area contributed by atoms with Crippen molar-refractivity contribution in [3.63, 3.8) is 0 Å². The van der Waals surface area contributed by atoms with Crippen LogP contribution in [0.4, 0.5) is 5.82 Å². The van der Waals surface area contributed by atoms with Gasteiger partial charge in [0.15, 0.2) is 0 Å². The summed E-state index contributed by atoms with van der Waals surface area (Å²) in [6.45, 7) is 1.01. The first-order valence-corrected chi connectivity index (χ1v) is 5.76. The Kier molecular flexibility index (Phi) is 2.17. The zero-order valence-electron chi connectivity index (χ0n) is 9.19. The van der Waals surface area contributed by atoms with Crippen LogP contribution in [-0.4, -0.2) is 9.55 Å². The number of imidazole rings is 1. The number of nitrogen functional groups attached to an aromatic ring is 1. The molecular formula is C13H15N3. The van der Waals surface area contributed by atoms with Crippen molar-refractivity contribution in [1.29, 1.82) is 0 Å². The van der Waals surface area contributed by atoms with Gasteiger partial charge in [0.05, 0.1) is 0 Å². The second-order valence-electron chi connectivity index (χ2n) is 4.24. The Morgan fingerprint density at radius 2 is 1.94 bits per heavy atom. The molecule has 2 N–H and O–H groups in total. The normalized spacial score (nSPS) is 14.8. The first kappa shape index (κ1) is 9.46. The zero-order chi connectivity index (χ0) is 11.0. The van der Waals surface area contributed by atoms with Crippen molar-refractivity contribution < 1.29 is 0 Å². The number of nitrogens with zero attached hydrogens (tertiary/aromatic N) is 2. The van der Waals surface area contributed by atoms with Crippen molar-refractivity contribution in [3.8, 4) is 11.3 Å². The molecule has 1 aliphatic rings. The minimum atomic E-state index is 0.820. The first-order valence-electron chi connectivity index (χ1n) is 5.76. The predicted molar refractivity (Wildman–Crippen MR) is 65.0 cm³/mol. The molecule has 1 aliphatic heterocycles. The van der Waals surface area contributed by atoms with Crippen LogP contribution < -0.4 is 5.73 Å². The molecule has 0 aliphatic carbocycles. The average molecular weight is 213 g/mol. The second kappa shape index (κ2) is 3.67. The highest BCUT2D eigenvalue weighted by atomic mass is 15.1. The molecule has 0 fully saturated rings. The van der Waals surface area contributed by atoms with E-state index in [0.29, 0.717) is 0 Å². The molecule has 16 heavy (non-hydrogen) atoms. The van der Waals surface area contributed by atoms with Gasteiger partial charge in [-0.25, -0.2) is 4.98 Å². The lowest BCUT2D eigenvalue weighted by atomic mass is 10.1. The minimum absolute atomic E-state index is 0.820. The fourth-order valence-electron chi connectivity index (χ4n) is 2.32. The van der Waals surface area contributed by atoms with Gasteiger partial charge in [-0.15, -0.1) is 0 Å². The molecule has 0 atom stereocenters. The second-order valence-corrected chi connectivity index (χ2v) is 4.24. The van der Waals surface area contributed by atoms with Gasteiger partial charge in [0.25, 0.3) is 0 Å². The highest BCUT2D eigenvalue weighted by Gasteiger charge is 2.18. The summed E-state index contributed by atoms with van der Waals surface area (Å²) in [6.07, 6.45) is 3.49. The number of fused-ring (bicyclic) bond motifs is 1. The summed E-state index contributed by atoms with van der Waals surface area (Å²) in [5, 5.41) is 0. The van der Waals surface area contributed by atoms with Crippen LogP contribution in [0, 0.1) is 0 Å². The highest BCUT2D eigenvalue weighted by Crippen LogP contribution is 2.29. The summed E-state index contributed by atoms with van der Waals surface area (Å²) in [5.74, 6) is 1.96. The zero-order valence-corrected chi connectivity index (χ0v) is 9.19. The number of rotatable bonds is 1. The van der Waals surface area contributed by atoms with Gasteiger partial charge in [0.2, 0.25) is 0 Å². The van der Waals surface area contributed by atoms with E-state index in [9.17, 15) is 0 Å². The SMILES string of the molecule is Nc1c(-c2ccccc2)nc2n1CCCC2. The van der Waals surface area contributed by atoms with Gasteiger partial charge in [0.1, 0.15) is 17.3 Å². The number of hydrogen-bond donors (Lipinski definition) is 1. The predicted octanol–water partition coefficient (Wildman–Crippen LogP) is 2.47. The van der Waals surface area contributed by atoms with Crippen LogP contribution in [0.5, 0.6) is 0 Å². The summed E-state index contributed by atoms with van der Waals surface area (Å²) in [4.78, 5) is 4.66. The van der Waals surface area contributed by atoms with Gasteiger partial charge in [-0.3, -0.25) is 0 Å². The van der Waals surface area contributed by atoms with Gasteiger partial charge < -0.3 is 10.3 Å². The lowest BCUT2D eigenvalue weighted by molar-refractivity contribution is 0.527. The van der Waals surface area contributed by atoms with E-state index in [-0.39, 0.29) is 0 Å². The molecule has 0 saturated carbocycles. The van der Waals surface area contributed by atoms with E-state index in [1.165, 1.54) is 12.8 Å². The molecule has 3 rings (SSSR count). The van der Waals surface area contributed by atoms with E-state index in [2.05, 4.69) is 21.7 Å². The third-order valence-corrected chi connectivity index (χ3v) is 3.17. The summed E-state index contributed by atoms with van der Waals surface area (Å²) in [5.41, 5.74) is 8.21. The fourth-order valence-corrected chi connectivity index (χ4v) is 2.32. The topological polar surface area (TPSA) is 43.8 Å². The van der Waals surface area contributed by atoms with Gasteiger partial charge in [0, 0.05) is 18.5 Å². The Balaban J connectivity index is 2.12. The number of anilines is 1. The maximum Gasteiger partial charge on any atom is 0.131 e. The number of aromatic nitrogens is 2. The van der Waals surface area contributed by atoms with Crippen molar-refractivity contribution in [2.24, 2.45) is 0 Å². The van der Waals surface area contributed by atoms with Gasteiger partial charge >= 0.3 is 0 Å². The molecule has 1 aromatic heterocycles. The van der Waals surface area contributed by atoms with E-state index in [1.807, 2.05) is 18.2 Å². The summed E-state index contributed by atoms with van der Waals surface area (Å²) >= 11 is 0. The molecular weight excluding hydrogens is 198 g/mol. The largest absolute Gasteiger partial charge is 0.383 e. The summed E-state index contributed by atoms with van der Waals surface area (Å²) in [7, 11) is 0. The molecule has 2 heterocycles. The maximum atomic E-state index is 6.16. The summed E-state index contributed by atoms with van der Waals surface area (Å²) in [6, 6.07) is 10.2. The van der Waals surface area contributed by atoms with Gasteiger partial charge in [-0.05, 0) is 12.8 Å². The standard InChI is InChI=1S/C13H15N3/c14-13-12(10-6-2-1-3-7-10)15-11-8-4-5-9-16(11)13/h1-3,6-7H,4-5,8-9,14H2. The molecule has 0 radical (unpaired) electrons. The molecule has 3 heteroatoms. The number of hydrogen-bond acceptors (Lipinski definition) is 2. The van der Waals surface area contributed by atoms with Crippen LogP contribution in [0.3, 0.4) is 0 Å². The molecule has 0 unspecified atom stereocenters. The van der Waals surface area contributed by atoms with Crippen molar-refractivity contribution in [2.75, 3.05) is 5.73 Å². The van der Waals surface area contributed by atoms with Crippen LogP contribution in [-0.2, 0) is 13.0 Å². The van der Waals surface area contributed by atoms with Gasteiger partial charge in [-0.2, -0.15) is 0 Å². The third-order valence-electron chi connectivity index (χ3n) is 3.17. The first-order chi connectivity index (χ1) is 7.86. The Morgan fingerprint density at radius 3 is 2.69 bits per heavy atom. The van der Waals surface area contributed by atoms with Crippen molar-refractivity contribution in [3.05, 3.63) is 36.2 Å². The smallest absolute Gasteiger partial charge is 0.131 e. The van der Waals surface area contributed by atoms with Crippen molar-refractivity contribution in [1.82, 2.24) is 9.55 Å². The molecule has 2 aromatic rings. The lowest BCUT2D eigenvalue weighted by Gasteiger charge is -2.14. The molecule has 0 bridgehead atoms. The molecule has 0 saturated heterocycles. The van der Waals surface area contributed by atoms with E-state index in [0.717, 1.165) is 35.9 Å². The van der Waals surface area contributed by atoms with E-state index >= 15 is 0 Å². The van der Waals surface area contributed by atoms with Crippen molar-refractivity contribution in [2.45, 2.75) is 25.8 Å². The fraction of sp³-hybridized carbons (Fsp3) is 0.308. The van der Waals surface area contributed by atoms with E-state index in [4.69, 9.17) is 5.73 Å². The molecule has 0 spiro atoms. The minimum Gasteiger partial charge on any atom is -0.383 e. The van der Waals surface area contributed by atoms with E-state index < -0.39 is 0 Å². The number of benzene rings is 1. The number of nitrogens with two attached hydrogens (primary N) is 1. The van der Waals surface area contributed by atoms with Crippen LogP contribution in [0.25, 0.3) is 11.3 Å². The van der Waals surface area contributed by atoms with E-state index in [1.54, 1.807) is 0 Å². The lowest BCUT2D eigenvalue weighted by Crippen LogP contribution is -2.12. The van der Waals surface area contributed by atoms with Gasteiger partial charge in [-0.1, -0.05) is 30.3 Å². The molecule has 0 amide bonds. The Labute approximate surface area is 94.9 Å². The molecule has 82 valence electrons. The van der Waals surface area contributed by atoms with Crippen molar-refractivity contribution >= 4 is 5.82 Å². The van der Waals surface area contributed by atoms with Crippen LogP contribution in [0.1, 0.15) is 18.7 Å². The Morgan fingerprint density at radius 1 is 1.12 bits per heavy atom. The molecule has 1 aromatic carbocycles. The third kappa shape index (κ3) is 1.40. The maximum absolute atomic E-state index is 6.16. The summed E-state index contributed by atoms with van der Waals surface area (Å²) < 4.78 is 2.16. The molecule has 3 nitrogen and oxygen atoms in total. The number of aryl methyl sites for hydroxylation is 1. The Hall–Kier alpha value is -1.77. The van der Waals surface area contributed by atoms with Crippen LogP contribution in [0.15, 0.2) is 30.3 Å². The quantitative estimate of drug-likeness (QED) is 0.790. The average Bonchev–Trinajstić information content (AvgIpc) is 2.69. The highest BCUT2D eigenvalue weighted by molar-refractivity contribution is 5.71. The van der Waals surface area contributed by atoms with Crippen LogP contribution in [0.2, 0.25) is 0 Å². The monoisotopic (exact) mass is 213 g/mol. The van der Waals surface area contributed by atoms with Crippen LogP contribution >= 0.6 is 0 Å². The Bertz CT molecular complexity index is 499.